The summed E-state index contributed by atoms with van der Waals surface area (Å²) in [5.41, 5.74) is 5.79. The van der Waals surface area contributed by atoms with Crippen molar-refractivity contribution in [1.82, 2.24) is 0 Å². The average molecular weight is 253 g/mol. The monoisotopic (exact) mass is 253 g/mol. The summed E-state index contributed by atoms with van der Waals surface area (Å²) in [5, 5.41) is 0. The predicted octanol–water partition coefficient (Wildman–Crippen LogP) is 2.81. The number of nitrogens with two attached hydrogens (primary N) is 1. The smallest absolute Gasteiger partial charge is 0.136 e. The van der Waals surface area contributed by atoms with Crippen LogP contribution in [0.4, 0.5) is 0 Å². The number of rotatable bonds is 5. The van der Waals surface area contributed by atoms with Gasteiger partial charge in [0.15, 0.2) is 0 Å². The molecule has 18 heavy (non-hydrogen) atoms. The van der Waals surface area contributed by atoms with Gasteiger partial charge in [-0.25, -0.2) is 0 Å². The number of carbonyl (C=O) groups is 1. The van der Waals surface area contributed by atoms with Gasteiger partial charge in [-0.2, -0.15) is 0 Å². The number of Topliss-reactive ketones (excluding diaryl/α,β-unsaturated/α-hetero) is 1. The summed E-state index contributed by atoms with van der Waals surface area (Å²) in [6.07, 6.45) is 9.39. The lowest BCUT2D eigenvalue weighted by Crippen LogP contribution is -2.39. The van der Waals surface area contributed by atoms with Gasteiger partial charge < -0.3 is 10.5 Å². The van der Waals surface area contributed by atoms with Gasteiger partial charge in [-0.05, 0) is 45.4 Å². The molecule has 104 valence electrons. The Morgan fingerprint density at radius 3 is 2.83 bits per heavy atom. The summed E-state index contributed by atoms with van der Waals surface area (Å²) in [6.45, 7) is 2.79. The lowest BCUT2D eigenvalue weighted by Gasteiger charge is -2.37. The van der Waals surface area contributed by atoms with Crippen LogP contribution >= 0.6 is 0 Å². The van der Waals surface area contributed by atoms with Crippen LogP contribution in [0.25, 0.3) is 0 Å². The van der Waals surface area contributed by atoms with Gasteiger partial charge in [0.25, 0.3) is 0 Å². The first-order chi connectivity index (χ1) is 8.61. The molecule has 1 aliphatic carbocycles. The zero-order chi connectivity index (χ0) is 13.0. The quantitative estimate of drug-likeness (QED) is 0.819. The lowest BCUT2D eigenvalue weighted by molar-refractivity contribution is -0.136. The summed E-state index contributed by atoms with van der Waals surface area (Å²) in [6, 6.07) is 0.216. The van der Waals surface area contributed by atoms with Crippen LogP contribution in [-0.2, 0) is 9.53 Å². The minimum Gasteiger partial charge on any atom is -0.375 e. The normalized spacial score (nSPS) is 28.4. The molecule has 2 unspecified atom stereocenters. The second-order valence-corrected chi connectivity index (χ2v) is 6.26. The van der Waals surface area contributed by atoms with Crippen LogP contribution in [0, 0.1) is 5.92 Å². The zero-order valence-electron chi connectivity index (χ0n) is 11.6. The molecule has 2 rings (SSSR count). The van der Waals surface area contributed by atoms with Crippen LogP contribution < -0.4 is 5.73 Å². The highest BCUT2D eigenvalue weighted by molar-refractivity contribution is 5.81. The van der Waals surface area contributed by atoms with Gasteiger partial charge in [-0.3, -0.25) is 4.79 Å². The molecule has 1 aliphatic heterocycles. The van der Waals surface area contributed by atoms with Gasteiger partial charge in [0.2, 0.25) is 0 Å². The summed E-state index contributed by atoms with van der Waals surface area (Å²) < 4.78 is 5.98. The molecule has 0 aromatic heterocycles. The largest absolute Gasteiger partial charge is 0.375 e. The number of hydrogen-bond donors (Lipinski definition) is 1. The second-order valence-electron chi connectivity index (χ2n) is 6.26. The Balaban J connectivity index is 1.79. The molecule has 0 bridgehead atoms. The fraction of sp³-hybridized carbons (Fsp3) is 0.933. The van der Waals surface area contributed by atoms with E-state index in [-0.39, 0.29) is 17.6 Å². The first-order valence-electron chi connectivity index (χ1n) is 7.54. The van der Waals surface area contributed by atoms with Gasteiger partial charge in [0.1, 0.15) is 5.78 Å². The number of carbonyl (C=O) groups excluding carboxylic acids is 1. The molecule has 0 radical (unpaired) electrons. The van der Waals surface area contributed by atoms with Gasteiger partial charge in [0, 0.05) is 25.0 Å². The molecule has 2 fully saturated rings. The summed E-state index contributed by atoms with van der Waals surface area (Å²) >= 11 is 0. The fourth-order valence-electron chi connectivity index (χ4n) is 3.47. The minimum absolute atomic E-state index is 0.0692. The summed E-state index contributed by atoms with van der Waals surface area (Å²) in [5.74, 6) is 0.704. The highest BCUT2D eigenvalue weighted by Crippen LogP contribution is 2.42. The first kappa shape index (κ1) is 14.0. The van der Waals surface area contributed by atoms with E-state index in [0.717, 1.165) is 45.1 Å². The van der Waals surface area contributed by atoms with E-state index in [1.165, 1.54) is 12.8 Å². The Hall–Kier alpha value is -0.410. The van der Waals surface area contributed by atoms with Crippen molar-refractivity contribution in [2.45, 2.75) is 76.4 Å². The first-order valence-corrected chi connectivity index (χ1v) is 7.54. The maximum absolute atomic E-state index is 12.2. The molecule has 0 amide bonds. The highest BCUT2D eigenvalue weighted by Gasteiger charge is 2.41. The van der Waals surface area contributed by atoms with E-state index in [4.69, 9.17) is 10.5 Å². The number of hydrogen-bond acceptors (Lipinski definition) is 3. The van der Waals surface area contributed by atoms with Gasteiger partial charge in [0.05, 0.1) is 5.60 Å². The molecular formula is C15H27NO2. The third-order valence-corrected chi connectivity index (χ3v) is 4.55. The van der Waals surface area contributed by atoms with Crippen molar-refractivity contribution in [1.29, 1.82) is 0 Å². The zero-order valence-corrected chi connectivity index (χ0v) is 11.6. The number of ketones is 1. The minimum atomic E-state index is 0.0692. The van der Waals surface area contributed by atoms with E-state index in [2.05, 4.69) is 0 Å². The van der Waals surface area contributed by atoms with E-state index in [9.17, 15) is 4.79 Å². The van der Waals surface area contributed by atoms with Crippen molar-refractivity contribution < 1.29 is 9.53 Å². The van der Waals surface area contributed by atoms with Crippen molar-refractivity contribution in [2.24, 2.45) is 11.7 Å². The van der Waals surface area contributed by atoms with Crippen molar-refractivity contribution >= 4 is 5.78 Å². The number of ether oxygens (including phenoxy) is 1. The third kappa shape index (κ3) is 3.55. The van der Waals surface area contributed by atoms with E-state index in [1.54, 1.807) is 0 Å². The third-order valence-electron chi connectivity index (χ3n) is 4.55. The molecule has 2 atom stereocenters. The molecular weight excluding hydrogens is 226 g/mol. The molecule has 2 aliphatic rings. The maximum Gasteiger partial charge on any atom is 0.136 e. The van der Waals surface area contributed by atoms with E-state index >= 15 is 0 Å². The molecule has 1 heterocycles. The predicted molar refractivity (Wildman–Crippen MR) is 72.4 cm³/mol. The van der Waals surface area contributed by atoms with Crippen LogP contribution in [0.5, 0.6) is 0 Å². The average Bonchev–Trinajstić information content (AvgIpc) is 2.76. The van der Waals surface area contributed by atoms with E-state index in [0.29, 0.717) is 12.2 Å². The Morgan fingerprint density at radius 1 is 1.44 bits per heavy atom. The van der Waals surface area contributed by atoms with Crippen LogP contribution in [0.15, 0.2) is 0 Å². The summed E-state index contributed by atoms with van der Waals surface area (Å²) in [7, 11) is 0. The Labute approximate surface area is 110 Å². The molecule has 2 N–H and O–H groups in total. The van der Waals surface area contributed by atoms with Gasteiger partial charge in [-0.1, -0.05) is 12.8 Å². The highest BCUT2D eigenvalue weighted by atomic mass is 16.5. The molecule has 1 spiro atoms. The lowest BCUT2D eigenvalue weighted by atomic mass is 9.81. The maximum atomic E-state index is 12.2. The molecule has 0 aromatic rings. The van der Waals surface area contributed by atoms with Crippen molar-refractivity contribution in [2.75, 3.05) is 6.61 Å². The van der Waals surface area contributed by atoms with Crippen molar-refractivity contribution in [3.8, 4) is 0 Å². The van der Waals surface area contributed by atoms with E-state index in [1.807, 2.05) is 6.92 Å². The molecule has 3 nitrogen and oxygen atoms in total. The Bertz CT molecular complexity index is 282. The van der Waals surface area contributed by atoms with Crippen LogP contribution in [0.2, 0.25) is 0 Å². The molecule has 3 heteroatoms. The molecule has 1 saturated carbocycles. The van der Waals surface area contributed by atoms with Crippen molar-refractivity contribution in [3.63, 3.8) is 0 Å². The van der Waals surface area contributed by atoms with Gasteiger partial charge in [-0.15, -0.1) is 0 Å². The summed E-state index contributed by atoms with van der Waals surface area (Å²) in [4.78, 5) is 12.2. The van der Waals surface area contributed by atoms with Crippen LogP contribution in [0.1, 0.15) is 64.7 Å². The fourth-order valence-corrected chi connectivity index (χ4v) is 3.47. The SMILES string of the molecule is CC(N)CCCC(=O)C1CCOC2(CCCC2)C1. The Morgan fingerprint density at radius 2 is 2.17 bits per heavy atom. The Kier molecular flexibility index (Phi) is 4.79. The van der Waals surface area contributed by atoms with Crippen LogP contribution in [-0.4, -0.2) is 24.0 Å². The van der Waals surface area contributed by atoms with Crippen LogP contribution in [0.3, 0.4) is 0 Å². The van der Waals surface area contributed by atoms with E-state index < -0.39 is 0 Å². The molecule has 1 saturated heterocycles. The van der Waals surface area contributed by atoms with Crippen molar-refractivity contribution in [3.05, 3.63) is 0 Å². The standard InChI is InChI=1S/C15H27NO2/c1-12(16)5-4-6-14(17)13-7-10-18-15(11-13)8-2-3-9-15/h12-13H,2-11,16H2,1H3. The molecule has 0 aromatic carbocycles. The van der Waals surface area contributed by atoms with Gasteiger partial charge >= 0.3 is 0 Å². The topological polar surface area (TPSA) is 52.3 Å². The second kappa shape index (κ2) is 6.16.